The molecule has 1 aliphatic heterocycles. The van der Waals surface area contributed by atoms with Crippen molar-refractivity contribution in [3.8, 4) is 0 Å². The molecule has 0 bridgehead atoms. The molecule has 1 aromatic rings. The highest BCUT2D eigenvalue weighted by Crippen LogP contribution is 2.12. The van der Waals surface area contributed by atoms with Gasteiger partial charge in [-0.25, -0.2) is 0 Å². The maximum absolute atomic E-state index is 12.3. The lowest BCUT2D eigenvalue weighted by atomic mass is 10.1. The molecule has 7 heteroatoms. The van der Waals surface area contributed by atoms with Gasteiger partial charge in [0, 0.05) is 18.8 Å². The first-order valence-electron chi connectivity index (χ1n) is 8.53. The van der Waals surface area contributed by atoms with Crippen LogP contribution in [0.25, 0.3) is 0 Å². The van der Waals surface area contributed by atoms with Gasteiger partial charge in [-0.15, -0.1) is 0 Å². The van der Waals surface area contributed by atoms with E-state index in [1.54, 1.807) is 4.90 Å². The summed E-state index contributed by atoms with van der Waals surface area (Å²) in [5.74, 6) is -0.888. The van der Waals surface area contributed by atoms with Gasteiger partial charge in [0.1, 0.15) is 6.04 Å². The molecule has 0 radical (unpaired) electrons. The van der Waals surface area contributed by atoms with Crippen molar-refractivity contribution in [3.05, 3.63) is 29.8 Å². The van der Waals surface area contributed by atoms with Crippen molar-refractivity contribution in [2.75, 3.05) is 31.6 Å². The largest absolute Gasteiger partial charge is 0.466 e. The van der Waals surface area contributed by atoms with Gasteiger partial charge in [0.15, 0.2) is 0 Å². The van der Waals surface area contributed by atoms with Gasteiger partial charge < -0.3 is 15.4 Å². The highest BCUT2D eigenvalue weighted by Gasteiger charge is 2.33. The predicted octanol–water partition coefficient (Wildman–Crippen LogP) is 1.08. The monoisotopic (exact) mass is 347 g/mol. The van der Waals surface area contributed by atoms with Crippen molar-refractivity contribution in [1.82, 2.24) is 10.2 Å². The maximum Gasteiger partial charge on any atom is 0.307 e. The quantitative estimate of drug-likeness (QED) is 0.721. The summed E-state index contributed by atoms with van der Waals surface area (Å²) in [6.45, 7) is 5.23. The van der Waals surface area contributed by atoms with Crippen LogP contribution in [0.2, 0.25) is 0 Å². The van der Waals surface area contributed by atoms with Crippen LogP contribution in [0.15, 0.2) is 24.3 Å². The molecule has 136 valence electrons. The van der Waals surface area contributed by atoms with Crippen LogP contribution < -0.4 is 10.6 Å². The number of hydrogen-bond acceptors (Lipinski definition) is 5. The lowest BCUT2D eigenvalue weighted by Gasteiger charge is -2.33. The SMILES string of the molecule is CCCOC(=O)CC1C(=O)NCCN1CC(=O)Nc1ccc(C)cc1. The minimum Gasteiger partial charge on any atom is -0.466 e. The normalized spacial score (nSPS) is 17.7. The van der Waals surface area contributed by atoms with E-state index in [1.165, 1.54) is 0 Å². The highest BCUT2D eigenvalue weighted by molar-refractivity contribution is 5.93. The Labute approximate surface area is 147 Å². The van der Waals surface area contributed by atoms with Gasteiger partial charge in [-0.05, 0) is 25.5 Å². The highest BCUT2D eigenvalue weighted by atomic mass is 16.5. The summed E-state index contributed by atoms with van der Waals surface area (Å²) in [5, 5.41) is 5.54. The molecule has 1 saturated heterocycles. The summed E-state index contributed by atoms with van der Waals surface area (Å²) in [5.41, 5.74) is 1.81. The Morgan fingerprint density at radius 1 is 1.32 bits per heavy atom. The van der Waals surface area contributed by atoms with E-state index in [1.807, 2.05) is 38.1 Å². The summed E-state index contributed by atoms with van der Waals surface area (Å²) in [6, 6.07) is 6.81. The van der Waals surface area contributed by atoms with E-state index in [9.17, 15) is 14.4 Å². The molecule has 2 amide bonds. The number of hydrogen-bond donors (Lipinski definition) is 2. The second-order valence-electron chi connectivity index (χ2n) is 6.12. The minimum absolute atomic E-state index is 0.0486. The average molecular weight is 347 g/mol. The number of esters is 1. The number of amides is 2. The number of benzene rings is 1. The standard InChI is InChI=1S/C18H25N3O4/c1-3-10-25-17(23)11-15-18(24)19-8-9-21(15)12-16(22)20-14-6-4-13(2)5-7-14/h4-7,15H,3,8-12H2,1-2H3,(H,19,24)(H,20,22). The number of nitrogens with one attached hydrogen (secondary N) is 2. The number of ether oxygens (including phenoxy) is 1. The molecule has 1 aliphatic rings. The summed E-state index contributed by atoms with van der Waals surface area (Å²) in [6.07, 6.45) is 0.676. The average Bonchev–Trinajstić information content (AvgIpc) is 2.58. The first kappa shape index (κ1) is 18.9. The van der Waals surface area contributed by atoms with E-state index in [0.29, 0.717) is 25.4 Å². The Bertz CT molecular complexity index is 615. The number of carbonyl (C=O) groups excluding carboxylic acids is 3. The molecule has 0 spiro atoms. The van der Waals surface area contributed by atoms with E-state index >= 15 is 0 Å². The van der Waals surface area contributed by atoms with Crippen LogP contribution in [0.4, 0.5) is 5.69 Å². The van der Waals surface area contributed by atoms with Gasteiger partial charge in [-0.2, -0.15) is 0 Å². The molecule has 1 aromatic carbocycles. The lowest BCUT2D eigenvalue weighted by molar-refractivity contribution is -0.148. The second-order valence-corrected chi connectivity index (χ2v) is 6.12. The lowest BCUT2D eigenvalue weighted by Crippen LogP contribution is -2.57. The number of anilines is 1. The fourth-order valence-electron chi connectivity index (χ4n) is 2.63. The molecule has 0 aliphatic carbocycles. The molecule has 7 nitrogen and oxygen atoms in total. The summed E-state index contributed by atoms with van der Waals surface area (Å²) in [4.78, 5) is 37.9. The van der Waals surface area contributed by atoms with Crippen molar-refractivity contribution in [1.29, 1.82) is 0 Å². The van der Waals surface area contributed by atoms with E-state index < -0.39 is 12.0 Å². The smallest absolute Gasteiger partial charge is 0.307 e. The van der Waals surface area contributed by atoms with Gasteiger partial charge >= 0.3 is 5.97 Å². The van der Waals surface area contributed by atoms with E-state index in [2.05, 4.69) is 10.6 Å². The van der Waals surface area contributed by atoms with Crippen molar-refractivity contribution in [2.24, 2.45) is 0 Å². The molecule has 0 aromatic heterocycles. The number of rotatable bonds is 7. The van der Waals surface area contributed by atoms with E-state index in [4.69, 9.17) is 4.74 Å². The van der Waals surface area contributed by atoms with Gasteiger partial charge in [0.05, 0.1) is 19.6 Å². The molecule has 1 fully saturated rings. The Morgan fingerprint density at radius 2 is 2.04 bits per heavy atom. The molecular formula is C18H25N3O4. The Hall–Kier alpha value is -2.41. The molecular weight excluding hydrogens is 322 g/mol. The first-order valence-corrected chi connectivity index (χ1v) is 8.53. The third kappa shape index (κ3) is 5.86. The molecule has 25 heavy (non-hydrogen) atoms. The zero-order valence-corrected chi connectivity index (χ0v) is 14.7. The Kier molecular flexibility index (Phi) is 6.94. The van der Waals surface area contributed by atoms with Crippen LogP contribution in [-0.4, -0.2) is 55.0 Å². The van der Waals surface area contributed by atoms with E-state index in [-0.39, 0.29) is 24.8 Å². The zero-order chi connectivity index (χ0) is 18.2. The van der Waals surface area contributed by atoms with Gasteiger partial charge in [-0.1, -0.05) is 24.6 Å². The number of carbonyl (C=O) groups is 3. The summed E-state index contributed by atoms with van der Waals surface area (Å²) in [7, 11) is 0. The number of nitrogens with zero attached hydrogens (tertiary/aromatic N) is 1. The van der Waals surface area contributed by atoms with Crippen molar-refractivity contribution >= 4 is 23.5 Å². The molecule has 2 rings (SSSR count). The van der Waals surface area contributed by atoms with Gasteiger partial charge in [0.2, 0.25) is 11.8 Å². The molecule has 1 atom stereocenters. The second kappa shape index (κ2) is 9.17. The molecule has 2 N–H and O–H groups in total. The number of aryl methyl sites for hydroxylation is 1. The van der Waals surface area contributed by atoms with Crippen LogP contribution in [0, 0.1) is 6.92 Å². The van der Waals surface area contributed by atoms with Crippen molar-refractivity contribution < 1.29 is 19.1 Å². The van der Waals surface area contributed by atoms with E-state index in [0.717, 1.165) is 12.0 Å². The van der Waals surface area contributed by atoms with Crippen LogP contribution in [0.3, 0.4) is 0 Å². The van der Waals surface area contributed by atoms with Crippen LogP contribution in [0.5, 0.6) is 0 Å². The maximum atomic E-state index is 12.3. The summed E-state index contributed by atoms with van der Waals surface area (Å²) >= 11 is 0. The molecule has 1 heterocycles. The summed E-state index contributed by atoms with van der Waals surface area (Å²) < 4.78 is 5.06. The first-order chi connectivity index (χ1) is 12.0. The minimum atomic E-state index is -0.679. The van der Waals surface area contributed by atoms with Crippen molar-refractivity contribution in [2.45, 2.75) is 32.7 Å². The van der Waals surface area contributed by atoms with Gasteiger partial charge in [-0.3, -0.25) is 19.3 Å². The third-order valence-corrected chi connectivity index (χ3v) is 3.95. The topological polar surface area (TPSA) is 87.7 Å². The van der Waals surface area contributed by atoms with Crippen LogP contribution in [-0.2, 0) is 19.1 Å². The zero-order valence-electron chi connectivity index (χ0n) is 14.7. The number of piperazine rings is 1. The van der Waals surface area contributed by atoms with Crippen LogP contribution >= 0.6 is 0 Å². The van der Waals surface area contributed by atoms with Crippen molar-refractivity contribution in [3.63, 3.8) is 0 Å². The van der Waals surface area contributed by atoms with Crippen LogP contribution in [0.1, 0.15) is 25.3 Å². The third-order valence-electron chi connectivity index (χ3n) is 3.95. The Balaban J connectivity index is 1.94. The fraction of sp³-hybridized carbons (Fsp3) is 0.500. The fourth-order valence-corrected chi connectivity index (χ4v) is 2.63. The van der Waals surface area contributed by atoms with Gasteiger partial charge in [0.25, 0.3) is 0 Å². The molecule has 0 saturated carbocycles. The predicted molar refractivity (Wildman–Crippen MR) is 94.0 cm³/mol. The molecule has 1 unspecified atom stereocenters. The Morgan fingerprint density at radius 3 is 2.72 bits per heavy atom.